The lowest BCUT2D eigenvalue weighted by Gasteiger charge is -2.28. The number of ether oxygens (including phenoxy) is 2. The van der Waals surface area contributed by atoms with E-state index in [1.54, 1.807) is 19.2 Å². The molecule has 0 amide bonds. The van der Waals surface area contributed by atoms with Gasteiger partial charge >= 0.3 is 0 Å². The molecule has 0 saturated carbocycles. The fourth-order valence-corrected chi connectivity index (χ4v) is 3.63. The quantitative estimate of drug-likeness (QED) is 0.485. The summed E-state index contributed by atoms with van der Waals surface area (Å²) in [6, 6.07) is 13.8. The first-order chi connectivity index (χ1) is 15.1. The lowest BCUT2D eigenvalue weighted by atomic mass is 10.0. The lowest BCUT2D eigenvalue weighted by Crippen LogP contribution is -2.43. The monoisotopic (exact) mass is 424 g/mol. The second-order valence-corrected chi connectivity index (χ2v) is 7.34. The van der Waals surface area contributed by atoms with Crippen LogP contribution in [0.4, 0.5) is 4.39 Å². The van der Waals surface area contributed by atoms with Crippen molar-refractivity contribution in [3.63, 3.8) is 0 Å². The molecule has 0 radical (unpaired) electrons. The summed E-state index contributed by atoms with van der Waals surface area (Å²) in [5.74, 6) is 0.506. The second-order valence-electron chi connectivity index (χ2n) is 7.34. The zero-order valence-electron chi connectivity index (χ0n) is 17.3. The Morgan fingerprint density at radius 2 is 1.77 bits per heavy atom. The van der Waals surface area contributed by atoms with Crippen LogP contribution in [0.25, 0.3) is 11.3 Å². The predicted molar refractivity (Wildman–Crippen MR) is 115 cm³/mol. The van der Waals surface area contributed by atoms with Gasteiger partial charge in [0.1, 0.15) is 17.3 Å². The smallest absolute Gasteiger partial charge is 0.222 e. The number of nitrogens with one attached hydrogen (secondary N) is 1. The number of hydrogen-bond acceptors (Lipinski definition) is 5. The molecule has 1 aromatic heterocycles. The van der Waals surface area contributed by atoms with Gasteiger partial charge in [0.25, 0.3) is 0 Å². The van der Waals surface area contributed by atoms with E-state index in [-0.39, 0.29) is 17.7 Å². The lowest BCUT2D eigenvalue weighted by molar-refractivity contribution is 0.0658. The van der Waals surface area contributed by atoms with Gasteiger partial charge in [0.05, 0.1) is 20.3 Å². The third-order valence-electron chi connectivity index (χ3n) is 5.41. The number of aryl methyl sites for hydroxylation is 1. The van der Waals surface area contributed by atoms with Crippen molar-refractivity contribution in [2.45, 2.75) is 12.8 Å². The van der Waals surface area contributed by atoms with E-state index < -0.39 is 0 Å². The van der Waals surface area contributed by atoms with E-state index in [2.05, 4.69) is 5.10 Å². The Balaban J connectivity index is 1.68. The van der Waals surface area contributed by atoms with Crippen LogP contribution < -0.4 is 4.74 Å². The molecule has 1 saturated heterocycles. The third-order valence-corrected chi connectivity index (χ3v) is 5.41. The maximum Gasteiger partial charge on any atom is 0.222 e. The third kappa shape index (κ3) is 4.54. The highest BCUT2D eigenvalue weighted by atomic mass is 19.1. The summed E-state index contributed by atoms with van der Waals surface area (Å²) in [5.41, 5.74) is 3.03. The number of hydrogen-bond donors (Lipinski definition) is 2. The number of halogens is 1. The summed E-state index contributed by atoms with van der Waals surface area (Å²) in [7, 11) is 1.60. The number of methoxy groups -OCH3 is 1. The average molecular weight is 424 g/mol. The van der Waals surface area contributed by atoms with Gasteiger partial charge in [-0.25, -0.2) is 4.39 Å². The summed E-state index contributed by atoms with van der Waals surface area (Å²) in [6.45, 7) is 2.21. The zero-order chi connectivity index (χ0) is 21.8. The van der Waals surface area contributed by atoms with E-state index in [0.29, 0.717) is 50.4 Å². The van der Waals surface area contributed by atoms with Gasteiger partial charge in [0.2, 0.25) is 11.8 Å². The molecule has 1 aliphatic rings. The van der Waals surface area contributed by atoms with Crippen LogP contribution in [0, 0.1) is 11.2 Å². The topological polar surface area (TPSA) is 83.6 Å². The average Bonchev–Trinajstić information content (AvgIpc) is 3.15. The molecule has 1 aliphatic heterocycles. The Labute approximate surface area is 180 Å². The van der Waals surface area contributed by atoms with Gasteiger partial charge in [-0.05, 0) is 54.8 Å². The first-order valence-electron chi connectivity index (χ1n) is 10.2. The van der Waals surface area contributed by atoms with Crippen LogP contribution in [0.15, 0.2) is 48.5 Å². The maximum atomic E-state index is 13.2. The minimum atomic E-state index is -0.280. The molecule has 7 nitrogen and oxygen atoms in total. The molecule has 1 fully saturated rings. The Kier molecular flexibility index (Phi) is 6.18. The highest BCUT2D eigenvalue weighted by Gasteiger charge is 2.24. The molecule has 3 aromatic rings. The Hall–Kier alpha value is -3.39. The predicted octanol–water partition coefficient (Wildman–Crippen LogP) is 3.30. The number of nitrogens with zero attached hydrogens (tertiary/aromatic N) is 3. The van der Waals surface area contributed by atoms with Crippen molar-refractivity contribution in [1.29, 1.82) is 5.41 Å². The summed E-state index contributed by atoms with van der Waals surface area (Å²) >= 11 is 0. The highest BCUT2D eigenvalue weighted by molar-refractivity contribution is 5.82. The normalized spacial score (nSPS) is 13.9. The molecule has 162 valence electrons. The Bertz CT molecular complexity index is 1040. The van der Waals surface area contributed by atoms with Crippen LogP contribution in [0.3, 0.4) is 0 Å². The summed E-state index contributed by atoms with van der Waals surface area (Å²) in [4.78, 5) is 1.83. The number of rotatable bonds is 5. The van der Waals surface area contributed by atoms with Crippen LogP contribution in [0.1, 0.15) is 11.1 Å². The largest absolute Gasteiger partial charge is 0.497 e. The molecular weight excluding hydrogens is 399 g/mol. The zero-order valence-corrected chi connectivity index (χ0v) is 17.3. The molecule has 0 atom stereocenters. The van der Waals surface area contributed by atoms with Crippen LogP contribution in [0.5, 0.6) is 11.6 Å². The number of morpholine rings is 1. The molecule has 0 bridgehead atoms. The van der Waals surface area contributed by atoms with E-state index in [0.717, 1.165) is 16.9 Å². The van der Waals surface area contributed by atoms with E-state index >= 15 is 0 Å². The number of aromatic nitrogens is 2. The molecule has 4 rings (SSSR count). The molecule has 0 aliphatic carbocycles. The van der Waals surface area contributed by atoms with Crippen LogP contribution >= 0.6 is 0 Å². The fraction of sp³-hybridized carbons (Fsp3) is 0.304. The van der Waals surface area contributed by atoms with E-state index in [4.69, 9.17) is 14.9 Å². The van der Waals surface area contributed by atoms with E-state index in [1.165, 1.54) is 16.8 Å². The molecule has 31 heavy (non-hydrogen) atoms. The van der Waals surface area contributed by atoms with Crippen LogP contribution in [-0.4, -0.2) is 59.2 Å². The SMILES string of the molecule is COc1ccc(-c2nn(C(=N)N3CCOCC3)c(O)c2CCc2ccc(F)cc2)cc1. The summed E-state index contributed by atoms with van der Waals surface area (Å²) in [5, 5.41) is 24.2. The molecule has 0 unspecified atom stereocenters. The van der Waals surface area contributed by atoms with Crippen LogP contribution in [-0.2, 0) is 17.6 Å². The number of benzene rings is 2. The summed E-state index contributed by atoms with van der Waals surface area (Å²) < 4.78 is 25.1. The van der Waals surface area contributed by atoms with Crippen molar-refractivity contribution >= 4 is 5.96 Å². The molecule has 2 aromatic carbocycles. The van der Waals surface area contributed by atoms with Crippen molar-refractivity contribution in [3.05, 3.63) is 65.5 Å². The van der Waals surface area contributed by atoms with Crippen molar-refractivity contribution in [2.24, 2.45) is 0 Å². The Morgan fingerprint density at radius 3 is 2.42 bits per heavy atom. The van der Waals surface area contributed by atoms with Crippen molar-refractivity contribution < 1.29 is 19.0 Å². The maximum absolute atomic E-state index is 13.2. The molecule has 2 N–H and O–H groups in total. The highest BCUT2D eigenvalue weighted by Crippen LogP contribution is 2.32. The van der Waals surface area contributed by atoms with E-state index in [9.17, 15) is 9.50 Å². The summed E-state index contributed by atoms with van der Waals surface area (Å²) in [6.07, 6.45) is 1.10. The first-order valence-corrected chi connectivity index (χ1v) is 10.2. The van der Waals surface area contributed by atoms with Crippen molar-refractivity contribution in [3.8, 4) is 22.9 Å². The van der Waals surface area contributed by atoms with Gasteiger partial charge in [-0.3, -0.25) is 5.41 Å². The second kappa shape index (κ2) is 9.18. The van der Waals surface area contributed by atoms with Crippen LogP contribution in [0.2, 0.25) is 0 Å². The minimum Gasteiger partial charge on any atom is -0.497 e. The molecular formula is C23H25FN4O3. The Morgan fingerprint density at radius 1 is 1.10 bits per heavy atom. The van der Waals surface area contributed by atoms with Gasteiger partial charge in [0, 0.05) is 24.2 Å². The standard InChI is InChI=1S/C23H25FN4O3/c1-30-19-9-5-17(6-10-19)21-20(11-4-16-2-7-18(24)8-3-16)22(29)28(26-21)23(25)27-12-14-31-15-13-27/h2-3,5-10,25,29H,4,11-15H2,1H3. The van der Waals surface area contributed by atoms with Gasteiger partial charge in [-0.1, -0.05) is 12.1 Å². The van der Waals surface area contributed by atoms with E-state index in [1.807, 2.05) is 29.2 Å². The minimum absolute atomic E-state index is 0.0515. The number of aromatic hydroxyl groups is 1. The molecule has 2 heterocycles. The van der Waals surface area contributed by atoms with Gasteiger partial charge in [-0.2, -0.15) is 9.78 Å². The van der Waals surface area contributed by atoms with Crippen molar-refractivity contribution in [2.75, 3.05) is 33.4 Å². The van der Waals surface area contributed by atoms with Gasteiger partial charge in [-0.15, -0.1) is 0 Å². The molecule has 0 spiro atoms. The van der Waals surface area contributed by atoms with Gasteiger partial charge in [0.15, 0.2) is 0 Å². The first kappa shape index (κ1) is 20.9. The molecule has 8 heteroatoms. The van der Waals surface area contributed by atoms with Crippen molar-refractivity contribution in [1.82, 2.24) is 14.7 Å². The fourth-order valence-electron chi connectivity index (χ4n) is 3.63. The van der Waals surface area contributed by atoms with Gasteiger partial charge < -0.3 is 19.5 Å².